The Balaban J connectivity index is 2.48. The number of hydrogen-bond donors (Lipinski definition) is 2. The average molecular weight is 266 g/mol. The standard InChI is InChI=1S/C13H18N2O2S/c1-3-14-13(17)9-8-12(16)10-4-6-11(7-5-10)15-18-2/h4-7,15H,3,8-9H2,1-2H3,(H,14,17). The van der Waals surface area contributed by atoms with E-state index < -0.39 is 0 Å². The van der Waals surface area contributed by atoms with Gasteiger partial charge in [-0.1, -0.05) is 11.9 Å². The Hall–Kier alpha value is -1.49. The monoisotopic (exact) mass is 266 g/mol. The molecule has 0 heterocycles. The highest BCUT2D eigenvalue weighted by Crippen LogP contribution is 2.14. The summed E-state index contributed by atoms with van der Waals surface area (Å²) in [6, 6.07) is 7.27. The molecule has 0 saturated heterocycles. The number of anilines is 1. The molecule has 0 aliphatic carbocycles. The van der Waals surface area contributed by atoms with E-state index in [1.807, 2.05) is 25.3 Å². The van der Waals surface area contributed by atoms with Crippen molar-refractivity contribution in [2.45, 2.75) is 19.8 Å². The molecule has 1 rings (SSSR count). The van der Waals surface area contributed by atoms with E-state index in [1.54, 1.807) is 12.1 Å². The second kappa shape index (κ2) is 7.76. The maximum absolute atomic E-state index is 11.8. The fraction of sp³-hybridized carbons (Fsp3) is 0.385. The lowest BCUT2D eigenvalue weighted by Crippen LogP contribution is -2.23. The van der Waals surface area contributed by atoms with Crippen molar-refractivity contribution >= 4 is 29.3 Å². The van der Waals surface area contributed by atoms with Crippen LogP contribution in [0.25, 0.3) is 0 Å². The summed E-state index contributed by atoms with van der Waals surface area (Å²) < 4.78 is 3.08. The largest absolute Gasteiger partial charge is 0.356 e. The van der Waals surface area contributed by atoms with E-state index >= 15 is 0 Å². The Morgan fingerprint density at radius 1 is 1.17 bits per heavy atom. The molecule has 18 heavy (non-hydrogen) atoms. The third-order valence-electron chi connectivity index (χ3n) is 2.38. The van der Waals surface area contributed by atoms with Crippen molar-refractivity contribution in [1.82, 2.24) is 5.32 Å². The lowest BCUT2D eigenvalue weighted by atomic mass is 10.1. The second-order valence-corrected chi connectivity index (χ2v) is 4.37. The van der Waals surface area contributed by atoms with E-state index in [-0.39, 0.29) is 24.5 Å². The van der Waals surface area contributed by atoms with Crippen molar-refractivity contribution in [2.24, 2.45) is 0 Å². The van der Waals surface area contributed by atoms with Gasteiger partial charge in [-0.2, -0.15) is 0 Å². The van der Waals surface area contributed by atoms with Crippen molar-refractivity contribution in [1.29, 1.82) is 0 Å². The van der Waals surface area contributed by atoms with Gasteiger partial charge in [0.15, 0.2) is 5.78 Å². The number of amides is 1. The van der Waals surface area contributed by atoms with Crippen LogP contribution < -0.4 is 10.0 Å². The highest BCUT2D eigenvalue weighted by Gasteiger charge is 2.08. The number of nitrogens with one attached hydrogen (secondary N) is 2. The summed E-state index contributed by atoms with van der Waals surface area (Å²) in [6.07, 6.45) is 2.43. The lowest BCUT2D eigenvalue weighted by molar-refractivity contribution is -0.120. The van der Waals surface area contributed by atoms with Gasteiger partial charge in [0.25, 0.3) is 0 Å². The molecule has 98 valence electrons. The molecule has 4 nitrogen and oxygen atoms in total. The molecule has 1 amide bonds. The molecule has 0 atom stereocenters. The Morgan fingerprint density at radius 3 is 2.39 bits per heavy atom. The van der Waals surface area contributed by atoms with Crippen LogP contribution >= 0.6 is 11.9 Å². The van der Waals surface area contributed by atoms with Crippen molar-refractivity contribution in [3.63, 3.8) is 0 Å². The zero-order valence-corrected chi connectivity index (χ0v) is 11.5. The van der Waals surface area contributed by atoms with Crippen molar-refractivity contribution in [3.05, 3.63) is 29.8 Å². The maximum Gasteiger partial charge on any atom is 0.220 e. The Labute approximate surface area is 112 Å². The van der Waals surface area contributed by atoms with Gasteiger partial charge in [0.2, 0.25) is 5.91 Å². The molecule has 0 unspecified atom stereocenters. The number of hydrogen-bond acceptors (Lipinski definition) is 4. The summed E-state index contributed by atoms with van der Waals surface area (Å²) in [6.45, 7) is 2.46. The van der Waals surface area contributed by atoms with Gasteiger partial charge in [-0.3, -0.25) is 9.59 Å². The van der Waals surface area contributed by atoms with Crippen LogP contribution in [0.15, 0.2) is 24.3 Å². The Morgan fingerprint density at radius 2 is 1.83 bits per heavy atom. The molecule has 0 bridgehead atoms. The SMILES string of the molecule is CCNC(=O)CCC(=O)c1ccc(NSC)cc1. The number of carbonyl (C=O) groups is 2. The second-order valence-electron chi connectivity index (χ2n) is 3.76. The first-order valence-corrected chi connectivity index (χ1v) is 7.08. The number of ketones is 1. The van der Waals surface area contributed by atoms with E-state index in [0.717, 1.165) is 5.69 Å². The van der Waals surface area contributed by atoms with Gasteiger partial charge in [0.05, 0.1) is 0 Å². The van der Waals surface area contributed by atoms with E-state index in [1.165, 1.54) is 11.9 Å². The summed E-state index contributed by atoms with van der Waals surface area (Å²) in [4.78, 5) is 23.1. The highest BCUT2D eigenvalue weighted by molar-refractivity contribution is 7.99. The zero-order valence-electron chi connectivity index (χ0n) is 10.7. The van der Waals surface area contributed by atoms with Gasteiger partial charge >= 0.3 is 0 Å². The number of Topliss-reactive ketones (excluding diaryl/α,β-unsaturated/α-hetero) is 1. The Kier molecular flexibility index (Phi) is 6.28. The van der Waals surface area contributed by atoms with Gasteiger partial charge in [0, 0.05) is 36.9 Å². The van der Waals surface area contributed by atoms with Gasteiger partial charge in [-0.15, -0.1) is 0 Å². The van der Waals surface area contributed by atoms with E-state index in [9.17, 15) is 9.59 Å². The fourth-order valence-corrected chi connectivity index (χ4v) is 1.87. The Bertz CT molecular complexity index is 404. The first kappa shape index (κ1) is 14.6. The first-order chi connectivity index (χ1) is 8.67. The fourth-order valence-electron chi connectivity index (χ4n) is 1.50. The molecule has 2 N–H and O–H groups in total. The van der Waals surface area contributed by atoms with Gasteiger partial charge in [-0.25, -0.2) is 0 Å². The molecule has 5 heteroatoms. The van der Waals surface area contributed by atoms with E-state index in [4.69, 9.17) is 0 Å². The molecular formula is C13H18N2O2S. The molecular weight excluding hydrogens is 248 g/mol. The average Bonchev–Trinajstić information content (AvgIpc) is 2.37. The predicted octanol–water partition coefficient (Wildman–Crippen LogP) is 2.48. The predicted molar refractivity (Wildman–Crippen MR) is 75.8 cm³/mol. The molecule has 1 aromatic rings. The number of carbonyl (C=O) groups excluding carboxylic acids is 2. The summed E-state index contributed by atoms with van der Waals surface area (Å²) in [7, 11) is 0. The molecule has 0 fully saturated rings. The zero-order chi connectivity index (χ0) is 13.4. The molecule has 0 aromatic heterocycles. The van der Waals surface area contributed by atoms with Crippen LogP contribution in [-0.2, 0) is 4.79 Å². The summed E-state index contributed by atoms with van der Waals surface area (Å²) in [5, 5.41) is 2.67. The quantitative estimate of drug-likeness (QED) is 0.588. The summed E-state index contributed by atoms with van der Waals surface area (Å²) in [5.41, 5.74) is 1.61. The molecule has 0 saturated carbocycles. The minimum atomic E-state index is -0.0773. The third kappa shape index (κ3) is 4.79. The number of rotatable bonds is 7. The van der Waals surface area contributed by atoms with Gasteiger partial charge in [-0.05, 0) is 31.2 Å². The smallest absolute Gasteiger partial charge is 0.220 e. The van der Waals surface area contributed by atoms with Crippen LogP contribution in [0.3, 0.4) is 0 Å². The minimum Gasteiger partial charge on any atom is -0.356 e. The summed E-state index contributed by atoms with van der Waals surface area (Å²) in [5.74, 6) is -0.0801. The van der Waals surface area contributed by atoms with Crippen molar-refractivity contribution in [3.8, 4) is 0 Å². The van der Waals surface area contributed by atoms with Gasteiger partial charge in [0.1, 0.15) is 0 Å². The molecule has 0 radical (unpaired) electrons. The minimum absolute atomic E-state index is 0.00282. The third-order valence-corrected chi connectivity index (χ3v) is 2.82. The lowest BCUT2D eigenvalue weighted by Gasteiger charge is -2.04. The van der Waals surface area contributed by atoms with Crippen molar-refractivity contribution in [2.75, 3.05) is 17.5 Å². The maximum atomic E-state index is 11.8. The van der Waals surface area contributed by atoms with Crippen LogP contribution in [0.5, 0.6) is 0 Å². The van der Waals surface area contributed by atoms with Crippen LogP contribution in [0.4, 0.5) is 5.69 Å². The van der Waals surface area contributed by atoms with Crippen LogP contribution in [0, 0.1) is 0 Å². The van der Waals surface area contributed by atoms with Crippen LogP contribution in [0.1, 0.15) is 30.1 Å². The van der Waals surface area contributed by atoms with Crippen LogP contribution in [-0.4, -0.2) is 24.5 Å². The highest BCUT2D eigenvalue weighted by atomic mass is 32.2. The first-order valence-electron chi connectivity index (χ1n) is 5.86. The normalized spacial score (nSPS) is 9.89. The van der Waals surface area contributed by atoms with E-state index in [0.29, 0.717) is 12.1 Å². The topological polar surface area (TPSA) is 58.2 Å². The molecule has 1 aromatic carbocycles. The van der Waals surface area contributed by atoms with Crippen molar-refractivity contribution < 1.29 is 9.59 Å². The van der Waals surface area contributed by atoms with E-state index in [2.05, 4.69) is 10.0 Å². The molecule has 0 aliphatic rings. The number of benzene rings is 1. The van der Waals surface area contributed by atoms with Crippen LogP contribution in [0.2, 0.25) is 0 Å². The molecule has 0 aliphatic heterocycles. The molecule has 0 spiro atoms. The summed E-state index contributed by atoms with van der Waals surface area (Å²) >= 11 is 1.50. The van der Waals surface area contributed by atoms with Gasteiger partial charge < -0.3 is 10.0 Å².